The van der Waals surface area contributed by atoms with Crippen molar-refractivity contribution in [2.24, 2.45) is 0 Å². The molecule has 0 unspecified atom stereocenters. The minimum absolute atomic E-state index is 0.116. The van der Waals surface area contributed by atoms with E-state index in [0.717, 1.165) is 12.8 Å². The first-order valence-electron chi connectivity index (χ1n) is 8.90. The van der Waals surface area contributed by atoms with Gasteiger partial charge in [0, 0.05) is 17.7 Å². The molecule has 3 aromatic rings. The van der Waals surface area contributed by atoms with Crippen LogP contribution in [0, 0.1) is 5.82 Å². The van der Waals surface area contributed by atoms with E-state index in [-0.39, 0.29) is 16.3 Å². The molecule has 0 saturated heterocycles. The van der Waals surface area contributed by atoms with Crippen LogP contribution in [0.5, 0.6) is 0 Å². The van der Waals surface area contributed by atoms with Crippen LogP contribution >= 0.6 is 0 Å². The summed E-state index contributed by atoms with van der Waals surface area (Å²) in [6.45, 7) is 2.34. The zero-order chi connectivity index (χ0) is 20.1. The maximum atomic E-state index is 14.7. The van der Waals surface area contributed by atoms with Crippen LogP contribution in [0.1, 0.15) is 19.8 Å². The molecule has 0 fully saturated rings. The van der Waals surface area contributed by atoms with Crippen molar-refractivity contribution in [1.29, 1.82) is 0 Å². The van der Waals surface area contributed by atoms with E-state index in [0.29, 0.717) is 23.4 Å². The highest BCUT2D eigenvalue weighted by atomic mass is 32.2. The van der Waals surface area contributed by atoms with Crippen molar-refractivity contribution in [2.75, 3.05) is 12.3 Å². The Morgan fingerprint density at radius 2 is 1.82 bits per heavy atom. The van der Waals surface area contributed by atoms with Gasteiger partial charge in [-0.3, -0.25) is 0 Å². The lowest BCUT2D eigenvalue weighted by molar-refractivity contribution is 0.578. The second kappa shape index (κ2) is 8.45. The third-order valence-corrected chi connectivity index (χ3v) is 5.76. The van der Waals surface area contributed by atoms with Gasteiger partial charge in [0.1, 0.15) is 11.6 Å². The van der Waals surface area contributed by atoms with E-state index in [1.54, 1.807) is 42.5 Å². The first-order valence-corrected chi connectivity index (χ1v) is 10.4. The number of nitrogens with one attached hydrogen (secondary N) is 1. The summed E-state index contributed by atoms with van der Waals surface area (Å²) in [5, 5.41) is 7.62. The number of aromatic nitrogens is 2. The van der Waals surface area contributed by atoms with E-state index in [4.69, 9.17) is 5.73 Å². The summed E-state index contributed by atoms with van der Waals surface area (Å²) in [5.41, 5.74) is 7.01. The predicted octanol–water partition coefficient (Wildman–Crippen LogP) is 3.61. The number of nitrogen functional groups attached to an aromatic ring is 1. The number of benzene rings is 2. The Kier molecular flexibility index (Phi) is 6.01. The fraction of sp³-hybridized carbons (Fsp3) is 0.200. The Bertz CT molecular complexity index is 1070. The van der Waals surface area contributed by atoms with Crippen molar-refractivity contribution in [1.82, 2.24) is 14.9 Å². The molecule has 0 bridgehead atoms. The summed E-state index contributed by atoms with van der Waals surface area (Å²) in [6.07, 6.45) is 1.62. The van der Waals surface area contributed by atoms with Crippen LogP contribution in [0.4, 0.5) is 10.2 Å². The summed E-state index contributed by atoms with van der Waals surface area (Å²) in [7, 11) is -3.70. The van der Waals surface area contributed by atoms with Crippen molar-refractivity contribution < 1.29 is 12.8 Å². The molecule has 146 valence electrons. The normalized spacial score (nSPS) is 11.5. The molecule has 0 aliphatic carbocycles. The molecule has 3 rings (SSSR count). The van der Waals surface area contributed by atoms with Gasteiger partial charge in [-0.15, -0.1) is 10.2 Å². The Hall–Kier alpha value is -2.84. The monoisotopic (exact) mass is 400 g/mol. The maximum absolute atomic E-state index is 14.7. The number of rotatable bonds is 7. The van der Waals surface area contributed by atoms with E-state index in [2.05, 4.69) is 14.9 Å². The number of nitrogens with two attached hydrogens (primary N) is 1. The Labute approximate surface area is 163 Å². The van der Waals surface area contributed by atoms with Gasteiger partial charge in [0.15, 0.2) is 0 Å². The molecule has 2 aromatic carbocycles. The Morgan fingerprint density at radius 3 is 2.50 bits per heavy atom. The van der Waals surface area contributed by atoms with Gasteiger partial charge in [0.25, 0.3) is 0 Å². The number of unbranched alkanes of at least 4 members (excludes halogenated alkanes) is 1. The van der Waals surface area contributed by atoms with Gasteiger partial charge in [-0.2, -0.15) is 0 Å². The van der Waals surface area contributed by atoms with Crippen LogP contribution in [-0.4, -0.2) is 25.2 Å². The smallest absolute Gasteiger partial charge is 0.241 e. The van der Waals surface area contributed by atoms with Crippen LogP contribution in [0.15, 0.2) is 59.5 Å². The number of anilines is 1. The number of hydrogen-bond donors (Lipinski definition) is 2. The number of halogens is 1. The summed E-state index contributed by atoms with van der Waals surface area (Å²) in [6, 6.07) is 14.2. The molecule has 1 heterocycles. The molecule has 0 aliphatic rings. The predicted molar refractivity (Wildman–Crippen MR) is 107 cm³/mol. The van der Waals surface area contributed by atoms with Gasteiger partial charge in [-0.05, 0) is 42.3 Å². The molecule has 0 atom stereocenters. The molecule has 0 aliphatic heterocycles. The lowest BCUT2D eigenvalue weighted by atomic mass is 10.0. The molecule has 8 heteroatoms. The highest BCUT2D eigenvalue weighted by Gasteiger charge is 2.19. The minimum Gasteiger partial charge on any atom is -0.382 e. The van der Waals surface area contributed by atoms with E-state index in [1.165, 1.54) is 12.1 Å². The fourth-order valence-electron chi connectivity index (χ4n) is 2.78. The van der Waals surface area contributed by atoms with Gasteiger partial charge in [0.05, 0.1) is 10.6 Å². The molecule has 0 spiro atoms. The maximum Gasteiger partial charge on any atom is 0.241 e. The lowest BCUT2D eigenvalue weighted by Gasteiger charge is -2.12. The molecule has 3 N–H and O–H groups in total. The van der Waals surface area contributed by atoms with E-state index in [1.807, 2.05) is 6.92 Å². The van der Waals surface area contributed by atoms with Crippen LogP contribution in [-0.2, 0) is 10.0 Å². The highest BCUT2D eigenvalue weighted by Crippen LogP contribution is 2.31. The standard InChI is InChI=1S/C20H21FN4O2S/c1-2-3-12-23-28(26,27)19-7-5-4-6-15(19)14-8-9-16(17(21)13-14)18-10-11-20(22)25-24-18/h4-11,13,23H,2-3,12H2,1H3,(H2,22,25). The quantitative estimate of drug-likeness (QED) is 0.591. The Morgan fingerprint density at radius 1 is 1.04 bits per heavy atom. The second-order valence-corrected chi connectivity index (χ2v) is 8.02. The summed E-state index contributed by atoms with van der Waals surface area (Å²) >= 11 is 0. The number of nitrogens with zero attached hydrogens (tertiary/aromatic N) is 2. The van der Waals surface area contributed by atoms with Crippen molar-refractivity contribution in [2.45, 2.75) is 24.7 Å². The molecule has 6 nitrogen and oxygen atoms in total. The first kappa shape index (κ1) is 19.9. The summed E-state index contributed by atoms with van der Waals surface area (Å²) in [4.78, 5) is 0.116. The highest BCUT2D eigenvalue weighted by molar-refractivity contribution is 7.89. The van der Waals surface area contributed by atoms with Gasteiger partial charge in [-0.1, -0.05) is 37.6 Å². The molecule has 0 amide bonds. The molecular weight excluding hydrogens is 379 g/mol. The van der Waals surface area contributed by atoms with Gasteiger partial charge >= 0.3 is 0 Å². The minimum atomic E-state index is -3.70. The average Bonchev–Trinajstić information content (AvgIpc) is 2.69. The van der Waals surface area contributed by atoms with Crippen molar-refractivity contribution >= 4 is 15.8 Å². The first-order chi connectivity index (χ1) is 13.4. The fourth-order valence-corrected chi connectivity index (χ4v) is 4.08. The zero-order valence-corrected chi connectivity index (χ0v) is 16.2. The lowest BCUT2D eigenvalue weighted by Crippen LogP contribution is -2.25. The van der Waals surface area contributed by atoms with Gasteiger partial charge in [-0.25, -0.2) is 17.5 Å². The van der Waals surface area contributed by atoms with Crippen molar-refractivity contribution in [3.63, 3.8) is 0 Å². The summed E-state index contributed by atoms with van der Waals surface area (Å²) < 4.78 is 42.7. The number of hydrogen-bond acceptors (Lipinski definition) is 5. The number of sulfonamides is 1. The summed E-state index contributed by atoms with van der Waals surface area (Å²) in [5.74, 6) is -0.279. The van der Waals surface area contributed by atoms with Crippen molar-refractivity contribution in [3.05, 3.63) is 60.4 Å². The third-order valence-electron chi connectivity index (χ3n) is 4.24. The molecule has 28 heavy (non-hydrogen) atoms. The largest absolute Gasteiger partial charge is 0.382 e. The average molecular weight is 400 g/mol. The van der Waals surface area contributed by atoms with Crippen LogP contribution in [0.25, 0.3) is 22.4 Å². The second-order valence-electron chi connectivity index (χ2n) is 6.29. The van der Waals surface area contributed by atoms with Crippen LogP contribution < -0.4 is 10.5 Å². The molecular formula is C20H21FN4O2S. The topological polar surface area (TPSA) is 98.0 Å². The van der Waals surface area contributed by atoms with E-state index >= 15 is 0 Å². The van der Waals surface area contributed by atoms with Crippen molar-refractivity contribution in [3.8, 4) is 22.4 Å². The molecule has 1 aromatic heterocycles. The van der Waals surface area contributed by atoms with Gasteiger partial charge < -0.3 is 5.73 Å². The molecule has 0 saturated carbocycles. The molecule has 0 radical (unpaired) electrons. The van der Waals surface area contributed by atoms with Gasteiger partial charge in [0.2, 0.25) is 10.0 Å². The zero-order valence-electron chi connectivity index (χ0n) is 15.4. The van der Waals surface area contributed by atoms with E-state index < -0.39 is 15.8 Å². The Balaban J connectivity index is 1.99. The van der Waals surface area contributed by atoms with Crippen LogP contribution in [0.2, 0.25) is 0 Å². The SMILES string of the molecule is CCCCNS(=O)(=O)c1ccccc1-c1ccc(-c2ccc(N)nn2)c(F)c1. The third kappa shape index (κ3) is 4.35. The van der Waals surface area contributed by atoms with Crippen LogP contribution in [0.3, 0.4) is 0 Å². The van der Waals surface area contributed by atoms with E-state index in [9.17, 15) is 12.8 Å².